The Morgan fingerprint density at radius 1 is 1.14 bits per heavy atom. The van der Waals surface area contributed by atoms with Crippen LogP contribution in [-0.4, -0.2) is 31.1 Å². The molecule has 0 saturated carbocycles. The third-order valence-electron chi connectivity index (χ3n) is 4.70. The van der Waals surface area contributed by atoms with E-state index in [0.29, 0.717) is 50.6 Å². The number of ether oxygens (including phenoxy) is 4. The second-order valence-electron chi connectivity index (χ2n) is 6.17. The monoisotopic (exact) mass is 399 g/mol. The molecule has 1 aromatic heterocycles. The average Bonchev–Trinajstić information content (AvgIpc) is 3.18. The van der Waals surface area contributed by atoms with Crippen LogP contribution in [0.2, 0.25) is 5.15 Å². The minimum atomic E-state index is -1.07. The summed E-state index contributed by atoms with van der Waals surface area (Å²) in [5.41, 5.74) is 1.70. The highest BCUT2D eigenvalue weighted by Crippen LogP contribution is 2.42. The minimum absolute atomic E-state index is 0.140. The van der Waals surface area contributed by atoms with E-state index < -0.39 is 6.10 Å². The maximum absolute atomic E-state index is 11.2. The van der Waals surface area contributed by atoms with Gasteiger partial charge < -0.3 is 24.1 Å². The molecular formula is C21H18ClNO5. The van der Waals surface area contributed by atoms with Crippen LogP contribution in [0.3, 0.4) is 0 Å². The minimum Gasteiger partial charge on any atom is -0.493 e. The SMILES string of the molecule is C=Cc1cc2c(cc1[C@@H](O)c1nc(Cl)cc3c(OC)c(OC)ccc13)OCO2. The number of rotatable bonds is 5. The molecule has 0 amide bonds. The smallest absolute Gasteiger partial charge is 0.231 e. The van der Waals surface area contributed by atoms with E-state index in [1.165, 1.54) is 0 Å². The summed E-state index contributed by atoms with van der Waals surface area (Å²) in [6.45, 7) is 3.97. The lowest BCUT2D eigenvalue weighted by molar-refractivity contribution is 0.173. The van der Waals surface area contributed by atoms with Gasteiger partial charge in [0.15, 0.2) is 23.0 Å². The quantitative estimate of drug-likeness (QED) is 0.643. The topological polar surface area (TPSA) is 70.0 Å². The number of aliphatic hydroxyl groups is 1. The zero-order valence-corrected chi connectivity index (χ0v) is 16.1. The van der Waals surface area contributed by atoms with E-state index in [0.717, 1.165) is 0 Å². The molecule has 28 heavy (non-hydrogen) atoms. The van der Waals surface area contributed by atoms with Crippen molar-refractivity contribution in [3.05, 3.63) is 58.9 Å². The molecule has 2 heterocycles. The predicted molar refractivity (Wildman–Crippen MR) is 107 cm³/mol. The first-order chi connectivity index (χ1) is 13.6. The summed E-state index contributed by atoms with van der Waals surface area (Å²) in [4.78, 5) is 4.39. The van der Waals surface area contributed by atoms with Crippen LogP contribution in [0.15, 0.2) is 36.9 Å². The summed E-state index contributed by atoms with van der Waals surface area (Å²) < 4.78 is 21.7. The normalized spacial score (nSPS) is 13.4. The highest BCUT2D eigenvalue weighted by atomic mass is 35.5. The average molecular weight is 400 g/mol. The summed E-state index contributed by atoms with van der Waals surface area (Å²) in [6.07, 6.45) is 0.582. The van der Waals surface area contributed by atoms with Gasteiger partial charge in [0.25, 0.3) is 0 Å². The standard InChI is InChI=1S/C21H18ClNO5/c1-4-11-7-16-17(28-10-27-16)8-13(11)20(24)19-12-5-6-15(25-2)21(26-3)14(12)9-18(22)23-19/h4-9,20,24H,1,10H2,2-3H3/t20-/m1/s1. The van der Waals surface area contributed by atoms with E-state index in [1.54, 1.807) is 44.6 Å². The lowest BCUT2D eigenvalue weighted by Gasteiger charge is -2.18. The molecule has 1 aliphatic rings. The fourth-order valence-electron chi connectivity index (χ4n) is 3.39. The summed E-state index contributed by atoms with van der Waals surface area (Å²) in [5, 5.41) is 12.8. The van der Waals surface area contributed by atoms with Gasteiger partial charge >= 0.3 is 0 Å². The zero-order chi connectivity index (χ0) is 19.8. The van der Waals surface area contributed by atoms with Crippen LogP contribution in [0.5, 0.6) is 23.0 Å². The molecule has 6 nitrogen and oxygen atoms in total. The zero-order valence-electron chi connectivity index (χ0n) is 15.4. The van der Waals surface area contributed by atoms with Crippen LogP contribution in [0.4, 0.5) is 0 Å². The number of benzene rings is 2. The number of aliphatic hydroxyl groups excluding tert-OH is 1. The molecule has 0 saturated heterocycles. The van der Waals surface area contributed by atoms with Gasteiger partial charge in [-0.3, -0.25) is 0 Å². The predicted octanol–water partition coefficient (Wildman–Crippen LogP) is 4.36. The van der Waals surface area contributed by atoms with E-state index in [9.17, 15) is 5.11 Å². The summed E-state index contributed by atoms with van der Waals surface area (Å²) in [5.74, 6) is 2.26. The van der Waals surface area contributed by atoms with E-state index in [-0.39, 0.29) is 11.9 Å². The Labute approximate surface area is 166 Å². The number of halogens is 1. The summed E-state index contributed by atoms with van der Waals surface area (Å²) in [6, 6.07) is 8.78. The fraction of sp³-hybridized carbons (Fsp3) is 0.190. The number of hydrogen-bond donors (Lipinski definition) is 1. The number of methoxy groups -OCH3 is 2. The molecule has 144 valence electrons. The molecule has 0 aliphatic carbocycles. The van der Waals surface area contributed by atoms with Gasteiger partial charge in [-0.05, 0) is 41.5 Å². The highest BCUT2D eigenvalue weighted by molar-refractivity contribution is 6.30. The number of fused-ring (bicyclic) bond motifs is 2. The first-order valence-corrected chi connectivity index (χ1v) is 8.90. The Kier molecular flexibility index (Phi) is 4.75. The van der Waals surface area contributed by atoms with E-state index >= 15 is 0 Å². The lowest BCUT2D eigenvalue weighted by Crippen LogP contribution is -2.06. The van der Waals surface area contributed by atoms with Crippen molar-refractivity contribution < 1.29 is 24.1 Å². The van der Waals surface area contributed by atoms with Crippen LogP contribution >= 0.6 is 11.6 Å². The van der Waals surface area contributed by atoms with Crippen molar-refractivity contribution in [2.45, 2.75) is 6.10 Å². The van der Waals surface area contributed by atoms with Crippen molar-refractivity contribution in [1.29, 1.82) is 0 Å². The lowest BCUT2D eigenvalue weighted by atomic mass is 9.96. The molecule has 1 N–H and O–H groups in total. The highest BCUT2D eigenvalue weighted by Gasteiger charge is 2.25. The van der Waals surface area contributed by atoms with Crippen LogP contribution < -0.4 is 18.9 Å². The third-order valence-corrected chi connectivity index (χ3v) is 4.90. The number of hydrogen-bond acceptors (Lipinski definition) is 6. The van der Waals surface area contributed by atoms with Crippen molar-refractivity contribution in [2.75, 3.05) is 21.0 Å². The van der Waals surface area contributed by atoms with Crippen molar-refractivity contribution >= 4 is 28.4 Å². The van der Waals surface area contributed by atoms with E-state index in [1.807, 2.05) is 6.07 Å². The van der Waals surface area contributed by atoms with Gasteiger partial charge in [0.2, 0.25) is 6.79 Å². The molecule has 7 heteroatoms. The van der Waals surface area contributed by atoms with Gasteiger partial charge in [0.1, 0.15) is 11.3 Å². The molecule has 3 aromatic rings. The molecule has 0 bridgehead atoms. The van der Waals surface area contributed by atoms with Crippen molar-refractivity contribution in [2.24, 2.45) is 0 Å². The Morgan fingerprint density at radius 2 is 1.89 bits per heavy atom. The molecule has 1 atom stereocenters. The third kappa shape index (κ3) is 2.91. The van der Waals surface area contributed by atoms with Crippen molar-refractivity contribution in [1.82, 2.24) is 4.98 Å². The van der Waals surface area contributed by atoms with Crippen molar-refractivity contribution in [3.63, 3.8) is 0 Å². The van der Waals surface area contributed by atoms with Gasteiger partial charge in [-0.25, -0.2) is 4.98 Å². The molecule has 1 aliphatic heterocycles. The van der Waals surface area contributed by atoms with Crippen LogP contribution in [0, 0.1) is 0 Å². The first-order valence-electron chi connectivity index (χ1n) is 8.52. The van der Waals surface area contributed by atoms with E-state index in [4.69, 9.17) is 30.5 Å². The number of pyridine rings is 1. The van der Waals surface area contributed by atoms with Gasteiger partial charge in [0, 0.05) is 10.8 Å². The molecule has 2 aromatic carbocycles. The first kappa shape index (κ1) is 18.4. The van der Waals surface area contributed by atoms with Gasteiger partial charge in [-0.1, -0.05) is 24.3 Å². The van der Waals surface area contributed by atoms with Crippen LogP contribution in [-0.2, 0) is 0 Å². The summed E-state index contributed by atoms with van der Waals surface area (Å²) in [7, 11) is 3.11. The molecule has 0 radical (unpaired) electrons. The second kappa shape index (κ2) is 7.22. The fourth-order valence-corrected chi connectivity index (χ4v) is 3.59. The molecule has 4 rings (SSSR count). The largest absolute Gasteiger partial charge is 0.493 e. The Hall–Kier alpha value is -2.96. The second-order valence-corrected chi connectivity index (χ2v) is 6.55. The van der Waals surface area contributed by atoms with Gasteiger partial charge in [0.05, 0.1) is 19.9 Å². The van der Waals surface area contributed by atoms with Crippen LogP contribution in [0.25, 0.3) is 16.8 Å². The van der Waals surface area contributed by atoms with Crippen LogP contribution in [0.1, 0.15) is 22.9 Å². The maximum Gasteiger partial charge on any atom is 0.231 e. The molecule has 0 fully saturated rings. The molecular weight excluding hydrogens is 382 g/mol. The summed E-state index contributed by atoms with van der Waals surface area (Å²) >= 11 is 6.26. The Morgan fingerprint density at radius 3 is 2.57 bits per heavy atom. The van der Waals surface area contributed by atoms with E-state index in [2.05, 4.69) is 11.6 Å². The van der Waals surface area contributed by atoms with Gasteiger partial charge in [-0.2, -0.15) is 0 Å². The number of aromatic nitrogens is 1. The number of nitrogens with zero attached hydrogens (tertiary/aromatic N) is 1. The maximum atomic E-state index is 11.2. The molecule has 0 unspecified atom stereocenters. The Balaban J connectivity index is 1.93. The van der Waals surface area contributed by atoms with Crippen molar-refractivity contribution in [3.8, 4) is 23.0 Å². The Bertz CT molecular complexity index is 1080. The molecule has 0 spiro atoms. The van der Waals surface area contributed by atoms with Gasteiger partial charge in [-0.15, -0.1) is 0 Å².